The number of piperazine rings is 1. The fraction of sp³-hybridized carbons (Fsp3) is 0.240. The van der Waals surface area contributed by atoms with Crippen LogP contribution in [0.25, 0.3) is 10.8 Å². The van der Waals surface area contributed by atoms with Crippen molar-refractivity contribution < 1.29 is 9.59 Å². The quantitative estimate of drug-likeness (QED) is 0.622. The predicted octanol–water partition coefficient (Wildman–Crippen LogP) is 3.51. The van der Waals surface area contributed by atoms with Crippen molar-refractivity contribution in [3.63, 3.8) is 0 Å². The normalized spacial score (nSPS) is 24.8. The summed E-state index contributed by atoms with van der Waals surface area (Å²) in [4.78, 5) is 32.4. The molecule has 3 aromatic rings. The summed E-state index contributed by atoms with van der Waals surface area (Å²) in [7, 11) is 0. The van der Waals surface area contributed by atoms with Crippen LogP contribution in [0.2, 0.25) is 0 Å². The van der Waals surface area contributed by atoms with Crippen molar-refractivity contribution in [2.75, 3.05) is 11.4 Å². The molecule has 3 unspecified atom stereocenters. The molecule has 2 bridgehead atoms. The van der Waals surface area contributed by atoms with Gasteiger partial charge in [0.25, 0.3) is 5.91 Å². The van der Waals surface area contributed by atoms with Crippen LogP contribution in [0.3, 0.4) is 0 Å². The van der Waals surface area contributed by atoms with Gasteiger partial charge in [-0.2, -0.15) is 5.26 Å². The third-order valence-corrected chi connectivity index (χ3v) is 6.86. The first-order chi connectivity index (χ1) is 15.2. The van der Waals surface area contributed by atoms with Crippen LogP contribution in [0.4, 0.5) is 10.5 Å². The second-order valence-corrected chi connectivity index (χ2v) is 8.47. The molecule has 3 atom stereocenters. The van der Waals surface area contributed by atoms with Crippen LogP contribution >= 0.6 is 0 Å². The first-order valence-electron chi connectivity index (χ1n) is 10.5. The molecule has 3 heterocycles. The second-order valence-electron chi connectivity index (χ2n) is 8.47. The van der Waals surface area contributed by atoms with Crippen molar-refractivity contribution in [2.24, 2.45) is 0 Å². The Hall–Kier alpha value is -3.69. The van der Waals surface area contributed by atoms with Gasteiger partial charge in [-0.3, -0.25) is 9.69 Å². The number of urea groups is 1. The van der Waals surface area contributed by atoms with Gasteiger partial charge in [-0.05, 0) is 24.1 Å². The van der Waals surface area contributed by atoms with Crippen molar-refractivity contribution in [1.82, 2.24) is 9.80 Å². The van der Waals surface area contributed by atoms with Gasteiger partial charge in [0.1, 0.15) is 6.04 Å². The van der Waals surface area contributed by atoms with E-state index in [0.29, 0.717) is 11.3 Å². The molecule has 152 valence electrons. The topological polar surface area (TPSA) is 67.7 Å². The zero-order chi connectivity index (χ0) is 21.1. The summed E-state index contributed by atoms with van der Waals surface area (Å²) in [5.41, 5.74) is 2.31. The van der Waals surface area contributed by atoms with Crippen LogP contribution in [0, 0.1) is 11.3 Å². The zero-order valence-corrected chi connectivity index (χ0v) is 16.8. The highest BCUT2D eigenvalue weighted by Gasteiger charge is 2.61. The Balaban J connectivity index is 1.36. The van der Waals surface area contributed by atoms with Gasteiger partial charge in [-0.1, -0.05) is 54.6 Å². The van der Waals surface area contributed by atoms with E-state index in [1.807, 2.05) is 42.5 Å². The Morgan fingerprint density at radius 2 is 1.68 bits per heavy atom. The minimum absolute atomic E-state index is 0.0382. The molecule has 0 aliphatic carbocycles. The summed E-state index contributed by atoms with van der Waals surface area (Å²) in [5, 5.41) is 10.9. The summed E-state index contributed by atoms with van der Waals surface area (Å²) >= 11 is 0. The summed E-state index contributed by atoms with van der Waals surface area (Å²) in [5.74, 6) is -0.162. The number of carbonyl (C=O) groups excluding carboxylic acids is 2. The van der Waals surface area contributed by atoms with E-state index >= 15 is 0 Å². The van der Waals surface area contributed by atoms with E-state index in [9.17, 15) is 14.9 Å². The van der Waals surface area contributed by atoms with E-state index in [4.69, 9.17) is 0 Å². The number of carbonyl (C=O) groups is 2. The van der Waals surface area contributed by atoms with Gasteiger partial charge in [-0.15, -0.1) is 0 Å². The fourth-order valence-corrected chi connectivity index (χ4v) is 5.55. The first kappa shape index (κ1) is 18.1. The summed E-state index contributed by atoms with van der Waals surface area (Å²) < 4.78 is 0. The number of hydrogen-bond donors (Lipinski definition) is 0. The summed E-state index contributed by atoms with van der Waals surface area (Å²) in [6, 6.07) is 22.7. The third kappa shape index (κ3) is 2.54. The molecule has 3 fully saturated rings. The summed E-state index contributed by atoms with van der Waals surface area (Å²) in [6.45, 7) is 1.57. The lowest BCUT2D eigenvalue weighted by Crippen LogP contribution is -2.52. The van der Waals surface area contributed by atoms with Gasteiger partial charge in [-0.25, -0.2) is 9.69 Å². The number of likely N-dealkylation sites (tertiary alicyclic amines) is 1. The highest BCUT2D eigenvalue weighted by Crippen LogP contribution is 2.44. The smallest absolute Gasteiger partial charge is 0.306 e. The first-order valence-corrected chi connectivity index (χ1v) is 10.5. The summed E-state index contributed by atoms with van der Waals surface area (Å²) in [6.07, 6.45) is 0.844. The van der Waals surface area contributed by atoms with E-state index in [1.54, 1.807) is 17.0 Å². The molecule has 0 N–H and O–H groups in total. The van der Waals surface area contributed by atoms with Gasteiger partial charge >= 0.3 is 6.03 Å². The molecule has 3 aromatic carbocycles. The lowest BCUT2D eigenvalue weighted by molar-refractivity contribution is -0.121. The highest BCUT2D eigenvalue weighted by molar-refractivity contribution is 6.25. The van der Waals surface area contributed by atoms with Crippen molar-refractivity contribution in [3.05, 3.63) is 77.9 Å². The molecular formula is C25H20N4O2. The number of fused-ring (bicyclic) bond motifs is 6. The zero-order valence-electron chi connectivity index (χ0n) is 16.8. The van der Waals surface area contributed by atoms with Crippen LogP contribution in [0.5, 0.6) is 0 Å². The van der Waals surface area contributed by atoms with Gasteiger partial charge in [0.15, 0.2) is 0 Å². The van der Waals surface area contributed by atoms with Gasteiger partial charge in [0, 0.05) is 35.9 Å². The third-order valence-electron chi connectivity index (χ3n) is 6.86. The number of hydrogen-bond acceptors (Lipinski definition) is 4. The maximum Gasteiger partial charge on any atom is 0.332 e. The van der Waals surface area contributed by atoms with Gasteiger partial charge < -0.3 is 4.90 Å². The van der Waals surface area contributed by atoms with E-state index in [2.05, 4.69) is 23.1 Å². The lowest BCUT2D eigenvalue weighted by atomic mass is 10.0. The van der Waals surface area contributed by atoms with Crippen LogP contribution in [0.1, 0.15) is 17.5 Å². The number of imide groups is 1. The average Bonchev–Trinajstić information content (AvgIpc) is 3.45. The number of nitriles is 1. The van der Waals surface area contributed by atoms with Crippen LogP contribution in [-0.2, 0) is 11.3 Å². The predicted molar refractivity (Wildman–Crippen MR) is 116 cm³/mol. The number of amides is 3. The lowest BCUT2D eigenvalue weighted by Gasteiger charge is -2.34. The highest BCUT2D eigenvalue weighted by atomic mass is 16.2. The number of benzene rings is 3. The van der Waals surface area contributed by atoms with Crippen LogP contribution in [-0.4, -0.2) is 46.4 Å². The molecule has 6 nitrogen and oxygen atoms in total. The molecule has 3 aliphatic rings. The van der Waals surface area contributed by atoms with Crippen LogP contribution < -0.4 is 4.90 Å². The molecule has 3 aliphatic heterocycles. The van der Waals surface area contributed by atoms with Gasteiger partial charge in [0.05, 0.1) is 17.3 Å². The minimum Gasteiger partial charge on any atom is -0.306 e. The van der Waals surface area contributed by atoms with Crippen molar-refractivity contribution in [1.29, 1.82) is 5.26 Å². The molecule has 0 aromatic heterocycles. The molecule has 3 saturated heterocycles. The van der Waals surface area contributed by atoms with Crippen molar-refractivity contribution in [2.45, 2.75) is 31.1 Å². The molecule has 6 rings (SSSR count). The Morgan fingerprint density at radius 3 is 2.45 bits per heavy atom. The maximum absolute atomic E-state index is 13.6. The fourth-order valence-electron chi connectivity index (χ4n) is 5.55. The molecule has 0 spiro atoms. The molecule has 3 amide bonds. The Labute approximate surface area is 179 Å². The van der Waals surface area contributed by atoms with Crippen molar-refractivity contribution in [3.8, 4) is 6.07 Å². The number of anilines is 1. The van der Waals surface area contributed by atoms with E-state index < -0.39 is 6.04 Å². The van der Waals surface area contributed by atoms with Crippen molar-refractivity contribution >= 4 is 28.4 Å². The SMILES string of the molecule is N#Cc1ccc(N2C(=O)C3C4CC(CN4Cc4ccccc4)N3C2=O)c2ccccc12. The minimum atomic E-state index is -0.440. The average molecular weight is 408 g/mol. The van der Waals surface area contributed by atoms with Crippen LogP contribution in [0.15, 0.2) is 66.7 Å². The Kier molecular flexibility index (Phi) is 3.89. The number of nitrogens with zero attached hydrogens (tertiary/aromatic N) is 4. The second kappa shape index (κ2) is 6.66. The largest absolute Gasteiger partial charge is 0.332 e. The van der Waals surface area contributed by atoms with E-state index in [0.717, 1.165) is 30.3 Å². The maximum atomic E-state index is 13.6. The van der Waals surface area contributed by atoms with Gasteiger partial charge in [0.2, 0.25) is 0 Å². The molecule has 31 heavy (non-hydrogen) atoms. The molecular weight excluding hydrogens is 388 g/mol. The Bertz CT molecular complexity index is 1270. The number of rotatable bonds is 3. The van der Waals surface area contributed by atoms with E-state index in [1.165, 1.54) is 10.5 Å². The molecule has 6 heteroatoms. The Morgan fingerprint density at radius 1 is 0.935 bits per heavy atom. The van der Waals surface area contributed by atoms with E-state index in [-0.39, 0.29) is 24.0 Å². The molecule has 0 radical (unpaired) electrons. The monoisotopic (exact) mass is 408 g/mol. The molecule has 0 saturated carbocycles. The standard InChI is InChI=1S/C25H20N4O2/c26-13-17-10-11-21(20-9-5-4-8-19(17)20)29-24(30)23-22-12-18(28(23)25(29)31)15-27(22)14-16-6-2-1-3-7-16/h1-11,18,22-23H,12,14-15H2.